The largest absolute Gasteiger partial charge is 0.444 e. The molecule has 0 bridgehead atoms. The van der Waals surface area contributed by atoms with E-state index in [1.54, 1.807) is 0 Å². The molecule has 2 N–H and O–H groups in total. The lowest BCUT2D eigenvalue weighted by Gasteiger charge is -2.50. The van der Waals surface area contributed by atoms with Gasteiger partial charge in [0, 0.05) is 6.54 Å². The van der Waals surface area contributed by atoms with Gasteiger partial charge in [-0.3, -0.25) is 0 Å². The first-order valence-corrected chi connectivity index (χ1v) is 7.06. The van der Waals surface area contributed by atoms with Crippen molar-refractivity contribution in [2.45, 2.75) is 52.1 Å². The van der Waals surface area contributed by atoms with E-state index in [1.165, 1.54) is 25.7 Å². The normalized spacial score (nSPS) is 23.5. The summed E-state index contributed by atoms with van der Waals surface area (Å²) in [4.78, 5) is 11.5. The van der Waals surface area contributed by atoms with Crippen LogP contribution < -0.4 is 10.6 Å². The summed E-state index contributed by atoms with van der Waals surface area (Å²) >= 11 is 0. The molecule has 1 saturated carbocycles. The molecule has 0 radical (unpaired) electrons. The standard InChI is InChI=1S/C14H26N2O2/c1-13(2,3)18-12(17)16-10-11-8-14(9-11)4-6-15-7-5-14/h11,15H,4-10H2,1-3H3,(H,16,17). The highest BCUT2D eigenvalue weighted by Gasteiger charge is 2.44. The maximum atomic E-state index is 11.5. The first-order valence-electron chi connectivity index (χ1n) is 7.06. The second kappa shape index (κ2) is 5.08. The number of ether oxygens (including phenoxy) is 1. The molecule has 0 aromatic carbocycles. The lowest BCUT2D eigenvalue weighted by atomic mass is 9.58. The minimum absolute atomic E-state index is 0.284. The Kier molecular flexibility index (Phi) is 3.85. The average molecular weight is 254 g/mol. The van der Waals surface area contributed by atoms with Crippen LogP contribution in [0.1, 0.15) is 46.5 Å². The van der Waals surface area contributed by atoms with Crippen molar-refractivity contribution in [2.24, 2.45) is 11.3 Å². The Morgan fingerprint density at radius 1 is 1.33 bits per heavy atom. The number of amides is 1. The number of nitrogens with one attached hydrogen (secondary N) is 2. The SMILES string of the molecule is CC(C)(C)OC(=O)NCC1CC2(CCNCC2)C1. The van der Waals surface area contributed by atoms with E-state index in [2.05, 4.69) is 10.6 Å². The van der Waals surface area contributed by atoms with E-state index in [0.29, 0.717) is 11.3 Å². The van der Waals surface area contributed by atoms with Gasteiger partial charge in [0.25, 0.3) is 0 Å². The van der Waals surface area contributed by atoms with Gasteiger partial charge in [-0.1, -0.05) is 0 Å². The maximum Gasteiger partial charge on any atom is 0.407 e. The molecule has 0 aromatic rings. The van der Waals surface area contributed by atoms with E-state index in [4.69, 9.17) is 4.74 Å². The first kappa shape index (κ1) is 13.7. The summed E-state index contributed by atoms with van der Waals surface area (Å²) in [7, 11) is 0. The van der Waals surface area contributed by atoms with Crippen molar-refractivity contribution in [1.29, 1.82) is 0 Å². The topological polar surface area (TPSA) is 50.4 Å². The predicted octanol–water partition coefficient (Wildman–Crippen LogP) is 2.29. The zero-order valence-electron chi connectivity index (χ0n) is 11.8. The molecule has 1 amide bonds. The van der Waals surface area contributed by atoms with Crippen molar-refractivity contribution >= 4 is 6.09 Å². The Labute approximate surface area is 110 Å². The third-order valence-electron chi connectivity index (χ3n) is 4.04. The highest BCUT2D eigenvalue weighted by atomic mass is 16.6. The lowest BCUT2D eigenvalue weighted by Crippen LogP contribution is -2.48. The maximum absolute atomic E-state index is 11.5. The van der Waals surface area contributed by atoms with Crippen LogP contribution in [0.15, 0.2) is 0 Å². The molecule has 1 heterocycles. The fourth-order valence-corrected chi connectivity index (χ4v) is 3.22. The Bertz CT molecular complexity index is 295. The Balaban J connectivity index is 1.63. The van der Waals surface area contributed by atoms with Crippen LogP contribution in [0.3, 0.4) is 0 Å². The van der Waals surface area contributed by atoms with Crippen LogP contribution >= 0.6 is 0 Å². The summed E-state index contributed by atoms with van der Waals surface area (Å²) in [6.45, 7) is 8.75. The molecule has 1 saturated heterocycles. The van der Waals surface area contributed by atoms with Crippen LogP contribution in [0, 0.1) is 11.3 Å². The Hall–Kier alpha value is -0.770. The van der Waals surface area contributed by atoms with Gasteiger partial charge in [0.15, 0.2) is 0 Å². The van der Waals surface area contributed by atoms with Gasteiger partial charge in [0.2, 0.25) is 0 Å². The minimum Gasteiger partial charge on any atom is -0.444 e. The van der Waals surface area contributed by atoms with E-state index in [1.807, 2.05) is 20.8 Å². The summed E-state index contributed by atoms with van der Waals surface area (Å²) in [5.74, 6) is 0.649. The lowest BCUT2D eigenvalue weighted by molar-refractivity contribution is 0.0161. The quantitative estimate of drug-likeness (QED) is 0.795. The average Bonchev–Trinajstić information content (AvgIpc) is 2.22. The number of rotatable bonds is 2. The molecule has 1 aliphatic carbocycles. The summed E-state index contributed by atoms with van der Waals surface area (Å²) < 4.78 is 5.23. The van der Waals surface area contributed by atoms with Gasteiger partial charge < -0.3 is 15.4 Å². The summed E-state index contributed by atoms with van der Waals surface area (Å²) in [5.41, 5.74) is 0.186. The Morgan fingerprint density at radius 3 is 2.50 bits per heavy atom. The summed E-state index contributed by atoms with van der Waals surface area (Å²) in [5, 5.41) is 6.30. The van der Waals surface area contributed by atoms with Crippen LogP contribution in [0.2, 0.25) is 0 Å². The number of hydrogen-bond donors (Lipinski definition) is 2. The van der Waals surface area contributed by atoms with Gasteiger partial charge >= 0.3 is 6.09 Å². The van der Waals surface area contributed by atoms with Crippen LogP contribution in [0.25, 0.3) is 0 Å². The molecule has 4 heteroatoms. The molecule has 2 aliphatic rings. The molecule has 18 heavy (non-hydrogen) atoms. The number of alkyl carbamates (subject to hydrolysis) is 1. The molecule has 4 nitrogen and oxygen atoms in total. The van der Waals surface area contributed by atoms with Gasteiger partial charge in [-0.2, -0.15) is 0 Å². The summed E-state index contributed by atoms with van der Waals surface area (Å²) in [6.07, 6.45) is 4.86. The van der Waals surface area contributed by atoms with Gasteiger partial charge in [-0.25, -0.2) is 4.79 Å². The third kappa shape index (κ3) is 3.61. The van der Waals surface area contributed by atoms with E-state index >= 15 is 0 Å². The highest BCUT2D eigenvalue weighted by Crippen LogP contribution is 2.51. The Morgan fingerprint density at radius 2 is 1.94 bits per heavy atom. The molecule has 104 valence electrons. The smallest absolute Gasteiger partial charge is 0.407 e. The first-order chi connectivity index (χ1) is 8.39. The van der Waals surface area contributed by atoms with E-state index in [0.717, 1.165) is 19.6 Å². The van der Waals surface area contributed by atoms with E-state index in [9.17, 15) is 4.79 Å². The molecule has 0 unspecified atom stereocenters. The van der Waals surface area contributed by atoms with Crippen LogP contribution in [-0.2, 0) is 4.74 Å². The molecular formula is C14H26N2O2. The van der Waals surface area contributed by atoms with Gasteiger partial charge in [0.1, 0.15) is 5.60 Å². The van der Waals surface area contributed by atoms with E-state index < -0.39 is 5.60 Å². The van der Waals surface area contributed by atoms with Crippen molar-refractivity contribution in [3.8, 4) is 0 Å². The van der Waals surface area contributed by atoms with E-state index in [-0.39, 0.29) is 6.09 Å². The zero-order valence-corrected chi connectivity index (χ0v) is 11.8. The van der Waals surface area contributed by atoms with Crippen molar-refractivity contribution < 1.29 is 9.53 Å². The predicted molar refractivity (Wildman–Crippen MR) is 71.5 cm³/mol. The molecule has 0 atom stereocenters. The van der Waals surface area contributed by atoms with Crippen molar-refractivity contribution in [2.75, 3.05) is 19.6 Å². The van der Waals surface area contributed by atoms with Gasteiger partial charge in [-0.05, 0) is 70.9 Å². The third-order valence-corrected chi connectivity index (χ3v) is 4.04. The van der Waals surface area contributed by atoms with Crippen LogP contribution in [0.5, 0.6) is 0 Å². The zero-order chi connectivity index (χ0) is 13.2. The fourth-order valence-electron chi connectivity index (χ4n) is 3.22. The van der Waals surface area contributed by atoms with Crippen molar-refractivity contribution in [1.82, 2.24) is 10.6 Å². The van der Waals surface area contributed by atoms with Crippen molar-refractivity contribution in [3.05, 3.63) is 0 Å². The second-order valence-electron chi connectivity index (χ2n) is 6.91. The summed E-state index contributed by atoms with van der Waals surface area (Å²) in [6, 6.07) is 0. The number of piperidine rings is 1. The number of hydrogen-bond acceptors (Lipinski definition) is 3. The molecular weight excluding hydrogens is 228 g/mol. The monoisotopic (exact) mass is 254 g/mol. The fraction of sp³-hybridized carbons (Fsp3) is 0.929. The second-order valence-corrected chi connectivity index (χ2v) is 6.91. The number of carbonyl (C=O) groups excluding carboxylic acids is 1. The van der Waals surface area contributed by atoms with Gasteiger partial charge in [-0.15, -0.1) is 0 Å². The molecule has 0 aromatic heterocycles. The number of carbonyl (C=O) groups is 1. The van der Waals surface area contributed by atoms with Crippen LogP contribution in [-0.4, -0.2) is 31.3 Å². The minimum atomic E-state index is -0.403. The molecule has 2 rings (SSSR count). The highest BCUT2D eigenvalue weighted by molar-refractivity contribution is 5.67. The molecule has 2 fully saturated rings. The molecule has 1 aliphatic heterocycles. The molecule has 1 spiro atoms. The van der Waals surface area contributed by atoms with Gasteiger partial charge in [0.05, 0.1) is 0 Å². The van der Waals surface area contributed by atoms with Crippen LogP contribution in [0.4, 0.5) is 4.79 Å². The van der Waals surface area contributed by atoms with Crippen molar-refractivity contribution in [3.63, 3.8) is 0 Å².